The molecule has 0 aliphatic carbocycles. The highest BCUT2D eigenvalue weighted by Gasteiger charge is 2.17. The average molecular weight is 276 g/mol. The molecule has 2 aromatic rings. The Morgan fingerprint density at radius 3 is 2.65 bits per heavy atom. The molecule has 2 nitrogen and oxygen atoms in total. The molecule has 4 heteroatoms. The van der Waals surface area contributed by atoms with E-state index in [0.29, 0.717) is 5.56 Å². The van der Waals surface area contributed by atoms with Crippen LogP contribution in [-0.2, 0) is 0 Å². The van der Waals surface area contributed by atoms with E-state index in [-0.39, 0.29) is 6.04 Å². The Balaban J connectivity index is 2.41. The number of nitrogens with zero attached hydrogens (tertiary/aromatic N) is 1. The third-order valence-electron chi connectivity index (χ3n) is 3.23. The first-order chi connectivity index (χ1) is 9.63. The smallest absolute Gasteiger partial charge is 0.159 e. The van der Waals surface area contributed by atoms with Gasteiger partial charge in [0, 0.05) is 11.9 Å². The summed E-state index contributed by atoms with van der Waals surface area (Å²) in [6.45, 7) is 4.76. The van der Waals surface area contributed by atoms with Gasteiger partial charge in [0.05, 0.1) is 6.04 Å². The van der Waals surface area contributed by atoms with Crippen LogP contribution in [0.2, 0.25) is 0 Å². The van der Waals surface area contributed by atoms with Crippen molar-refractivity contribution in [2.75, 3.05) is 6.54 Å². The van der Waals surface area contributed by atoms with Crippen LogP contribution in [0, 0.1) is 18.6 Å². The molecule has 1 aromatic heterocycles. The van der Waals surface area contributed by atoms with E-state index in [1.807, 2.05) is 19.1 Å². The van der Waals surface area contributed by atoms with Gasteiger partial charge in [-0.15, -0.1) is 0 Å². The zero-order chi connectivity index (χ0) is 14.5. The second kappa shape index (κ2) is 6.57. The minimum absolute atomic E-state index is 0.182. The van der Waals surface area contributed by atoms with E-state index in [0.717, 1.165) is 30.3 Å². The van der Waals surface area contributed by atoms with E-state index in [2.05, 4.69) is 17.2 Å². The third-order valence-corrected chi connectivity index (χ3v) is 3.23. The summed E-state index contributed by atoms with van der Waals surface area (Å²) in [7, 11) is 0. The molecule has 0 fully saturated rings. The van der Waals surface area contributed by atoms with Crippen LogP contribution < -0.4 is 5.32 Å². The topological polar surface area (TPSA) is 24.9 Å². The highest BCUT2D eigenvalue weighted by atomic mass is 19.2. The number of aryl methyl sites for hydroxylation is 1. The standard InChI is InChI=1S/C16H18F2N2/c1-3-8-20-16(13-5-4-9-19-11(13)2)12-6-7-14(17)15(18)10-12/h4-7,9-10,16,20H,3,8H2,1-2H3. The van der Waals surface area contributed by atoms with Crippen molar-refractivity contribution in [1.82, 2.24) is 10.3 Å². The third kappa shape index (κ3) is 3.20. The number of benzene rings is 1. The summed E-state index contributed by atoms with van der Waals surface area (Å²) < 4.78 is 26.5. The number of nitrogens with one attached hydrogen (secondary N) is 1. The van der Waals surface area contributed by atoms with E-state index >= 15 is 0 Å². The van der Waals surface area contributed by atoms with Crippen molar-refractivity contribution in [3.8, 4) is 0 Å². The highest BCUT2D eigenvalue weighted by molar-refractivity contribution is 5.34. The highest BCUT2D eigenvalue weighted by Crippen LogP contribution is 2.25. The first-order valence-corrected chi connectivity index (χ1v) is 6.73. The van der Waals surface area contributed by atoms with Gasteiger partial charge in [0.25, 0.3) is 0 Å². The summed E-state index contributed by atoms with van der Waals surface area (Å²) in [5.74, 6) is -1.65. The van der Waals surface area contributed by atoms with Crippen molar-refractivity contribution in [3.05, 3.63) is 65.0 Å². The summed E-state index contributed by atoms with van der Waals surface area (Å²) in [4.78, 5) is 4.27. The van der Waals surface area contributed by atoms with Crippen LogP contribution in [0.5, 0.6) is 0 Å². The lowest BCUT2D eigenvalue weighted by molar-refractivity contribution is 0.503. The Morgan fingerprint density at radius 1 is 1.20 bits per heavy atom. The Morgan fingerprint density at radius 2 is 2.00 bits per heavy atom. The Labute approximate surface area is 117 Å². The van der Waals surface area contributed by atoms with Crippen LogP contribution in [0.4, 0.5) is 8.78 Å². The normalized spacial score (nSPS) is 12.4. The van der Waals surface area contributed by atoms with Gasteiger partial charge < -0.3 is 5.32 Å². The van der Waals surface area contributed by atoms with Crippen molar-refractivity contribution < 1.29 is 8.78 Å². The summed E-state index contributed by atoms with van der Waals surface area (Å²) in [6.07, 6.45) is 2.68. The van der Waals surface area contributed by atoms with E-state index in [9.17, 15) is 8.78 Å². The van der Waals surface area contributed by atoms with Crippen molar-refractivity contribution in [2.45, 2.75) is 26.3 Å². The molecule has 2 rings (SSSR count). The molecule has 20 heavy (non-hydrogen) atoms. The molecule has 1 heterocycles. The maximum atomic E-state index is 13.5. The quantitative estimate of drug-likeness (QED) is 0.899. The number of aromatic nitrogens is 1. The van der Waals surface area contributed by atoms with Crippen molar-refractivity contribution in [2.24, 2.45) is 0 Å². The van der Waals surface area contributed by atoms with E-state index in [1.54, 1.807) is 12.3 Å². The molecular formula is C16H18F2N2. The molecule has 0 bridgehead atoms. The number of halogens is 2. The fourth-order valence-corrected chi connectivity index (χ4v) is 2.19. The molecule has 0 aliphatic heterocycles. The molecule has 1 N–H and O–H groups in total. The molecule has 0 saturated carbocycles. The SMILES string of the molecule is CCCNC(c1ccc(F)c(F)c1)c1cccnc1C. The average Bonchev–Trinajstić information content (AvgIpc) is 2.44. The van der Waals surface area contributed by atoms with Gasteiger partial charge >= 0.3 is 0 Å². The van der Waals surface area contributed by atoms with Gasteiger partial charge in [0.1, 0.15) is 0 Å². The number of rotatable bonds is 5. The first-order valence-electron chi connectivity index (χ1n) is 6.73. The number of hydrogen-bond donors (Lipinski definition) is 1. The first kappa shape index (κ1) is 14.6. The van der Waals surface area contributed by atoms with E-state index < -0.39 is 11.6 Å². The minimum atomic E-state index is -0.828. The summed E-state index contributed by atoms with van der Waals surface area (Å²) in [6, 6.07) is 7.64. The molecule has 0 amide bonds. The van der Waals surface area contributed by atoms with E-state index in [1.165, 1.54) is 6.07 Å². The Bertz CT molecular complexity index is 584. The predicted octanol–water partition coefficient (Wildman–Crippen LogP) is 3.76. The summed E-state index contributed by atoms with van der Waals surface area (Å²) >= 11 is 0. The van der Waals surface area contributed by atoms with Gasteiger partial charge in [-0.05, 0) is 49.2 Å². The van der Waals surface area contributed by atoms with Gasteiger partial charge in [-0.1, -0.05) is 19.1 Å². The monoisotopic (exact) mass is 276 g/mol. The van der Waals surface area contributed by atoms with Gasteiger partial charge in [-0.25, -0.2) is 8.78 Å². The van der Waals surface area contributed by atoms with Crippen molar-refractivity contribution in [3.63, 3.8) is 0 Å². The van der Waals surface area contributed by atoms with Gasteiger partial charge in [-0.3, -0.25) is 4.98 Å². The van der Waals surface area contributed by atoms with Crippen LogP contribution in [0.3, 0.4) is 0 Å². The molecule has 0 saturated heterocycles. The summed E-state index contributed by atoms with van der Waals surface area (Å²) in [5, 5.41) is 3.36. The van der Waals surface area contributed by atoms with Gasteiger partial charge in [-0.2, -0.15) is 0 Å². The fourth-order valence-electron chi connectivity index (χ4n) is 2.19. The number of pyridine rings is 1. The lowest BCUT2D eigenvalue weighted by Crippen LogP contribution is -2.24. The second-order valence-corrected chi connectivity index (χ2v) is 4.74. The van der Waals surface area contributed by atoms with Crippen LogP contribution >= 0.6 is 0 Å². The largest absolute Gasteiger partial charge is 0.306 e. The lowest BCUT2D eigenvalue weighted by Gasteiger charge is -2.21. The molecule has 106 valence electrons. The molecule has 0 radical (unpaired) electrons. The van der Waals surface area contributed by atoms with Gasteiger partial charge in [0.15, 0.2) is 11.6 Å². The fraction of sp³-hybridized carbons (Fsp3) is 0.312. The van der Waals surface area contributed by atoms with Crippen LogP contribution in [-0.4, -0.2) is 11.5 Å². The maximum Gasteiger partial charge on any atom is 0.159 e. The zero-order valence-corrected chi connectivity index (χ0v) is 11.7. The molecule has 1 aromatic carbocycles. The maximum absolute atomic E-state index is 13.5. The lowest BCUT2D eigenvalue weighted by atomic mass is 9.97. The van der Waals surface area contributed by atoms with E-state index in [4.69, 9.17) is 0 Å². The van der Waals surface area contributed by atoms with Crippen molar-refractivity contribution in [1.29, 1.82) is 0 Å². The summed E-state index contributed by atoms with van der Waals surface area (Å²) in [5.41, 5.74) is 2.56. The van der Waals surface area contributed by atoms with Crippen molar-refractivity contribution >= 4 is 0 Å². The minimum Gasteiger partial charge on any atom is -0.306 e. The Kier molecular flexibility index (Phi) is 4.79. The molecule has 0 spiro atoms. The van der Waals surface area contributed by atoms with Gasteiger partial charge in [0.2, 0.25) is 0 Å². The molecule has 0 aliphatic rings. The molecule has 1 unspecified atom stereocenters. The number of hydrogen-bond acceptors (Lipinski definition) is 2. The van der Waals surface area contributed by atoms with Crippen LogP contribution in [0.1, 0.15) is 36.2 Å². The Hall–Kier alpha value is -1.81. The predicted molar refractivity (Wildman–Crippen MR) is 75.5 cm³/mol. The molecule has 1 atom stereocenters. The van der Waals surface area contributed by atoms with Crippen LogP contribution in [0.15, 0.2) is 36.5 Å². The zero-order valence-electron chi connectivity index (χ0n) is 11.7. The van der Waals surface area contributed by atoms with Crippen LogP contribution in [0.25, 0.3) is 0 Å². The second-order valence-electron chi connectivity index (χ2n) is 4.74. The molecular weight excluding hydrogens is 258 g/mol.